The molecule has 1 aromatic heterocycles. The van der Waals surface area contributed by atoms with E-state index in [1.807, 2.05) is 49.4 Å². The minimum absolute atomic E-state index is 0.135. The van der Waals surface area contributed by atoms with Gasteiger partial charge in [0, 0.05) is 28.2 Å². The summed E-state index contributed by atoms with van der Waals surface area (Å²) in [5.74, 6) is -0.148. The van der Waals surface area contributed by atoms with Crippen LogP contribution in [0.15, 0.2) is 63.8 Å². The van der Waals surface area contributed by atoms with Crippen molar-refractivity contribution < 1.29 is 14.3 Å². The lowest BCUT2D eigenvalue weighted by molar-refractivity contribution is -0.111. The zero-order chi connectivity index (χ0) is 29.7. The summed E-state index contributed by atoms with van der Waals surface area (Å²) >= 11 is 0. The van der Waals surface area contributed by atoms with Gasteiger partial charge in [0.15, 0.2) is 0 Å². The predicted octanol–water partition coefficient (Wildman–Crippen LogP) is 8.21. The molecule has 0 fully saturated rings. The molecule has 5 rings (SSSR count). The number of hydrogen-bond donors (Lipinski definition) is 2. The largest absolute Gasteiger partial charge is 0.507 e. The second-order valence-corrected chi connectivity index (χ2v) is 13.2. The molecule has 0 unspecified atom stereocenters. The number of amides is 1. The van der Waals surface area contributed by atoms with Crippen LogP contribution in [0.5, 0.6) is 5.75 Å². The van der Waals surface area contributed by atoms with Gasteiger partial charge in [0.05, 0.1) is 0 Å². The second kappa shape index (κ2) is 10.4. The van der Waals surface area contributed by atoms with E-state index in [0.29, 0.717) is 11.1 Å². The molecule has 5 heteroatoms. The smallest absolute Gasteiger partial charge is 0.360 e. The van der Waals surface area contributed by atoms with Crippen molar-refractivity contribution in [1.82, 2.24) is 0 Å². The molecular weight excluding hydrogens is 510 g/mol. The molecule has 1 aliphatic rings. The maximum absolute atomic E-state index is 13.4. The highest BCUT2D eigenvalue weighted by Gasteiger charge is 2.26. The monoisotopic (exact) mass is 549 g/mol. The number of anilines is 1. The van der Waals surface area contributed by atoms with E-state index in [1.165, 1.54) is 17.2 Å². The van der Waals surface area contributed by atoms with Crippen LogP contribution < -0.4 is 10.9 Å². The van der Waals surface area contributed by atoms with Crippen molar-refractivity contribution >= 4 is 28.6 Å². The van der Waals surface area contributed by atoms with E-state index in [1.54, 1.807) is 6.08 Å². The van der Waals surface area contributed by atoms with E-state index < -0.39 is 11.5 Å². The number of benzene rings is 3. The highest BCUT2D eigenvalue weighted by Crippen LogP contribution is 2.41. The van der Waals surface area contributed by atoms with Crippen molar-refractivity contribution in [1.29, 1.82) is 0 Å². The third kappa shape index (κ3) is 5.58. The standard InChI is InChI=1S/C36H39NO4/c1-21-11-8-9-14-25(21)31-26-19-23-12-10-13-24(23)20-29(26)41-34(40)32(31)37-30(38)16-15-22-17-27(35(2,3)4)33(39)28(18-22)36(5,6)7/h8-9,11,14-20,39H,10,12-13H2,1-7H3,(H,37,38)/b16-15+. The Morgan fingerprint density at radius 3 is 2.15 bits per heavy atom. The number of aromatic hydroxyl groups is 1. The van der Waals surface area contributed by atoms with E-state index in [-0.39, 0.29) is 22.3 Å². The molecule has 0 radical (unpaired) electrons. The Hall–Kier alpha value is -4.12. The first-order valence-electron chi connectivity index (χ1n) is 14.3. The zero-order valence-electron chi connectivity index (χ0n) is 25.1. The van der Waals surface area contributed by atoms with E-state index in [9.17, 15) is 14.7 Å². The third-order valence-corrected chi connectivity index (χ3v) is 7.96. The summed E-state index contributed by atoms with van der Waals surface area (Å²) in [6.45, 7) is 14.3. The van der Waals surface area contributed by atoms with Crippen LogP contribution >= 0.6 is 0 Å². The lowest BCUT2D eigenvalue weighted by Crippen LogP contribution is -2.18. The van der Waals surface area contributed by atoms with E-state index in [4.69, 9.17) is 4.42 Å². The van der Waals surface area contributed by atoms with Crippen LogP contribution in [-0.4, -0.2) is 11.0 Å². The van der Waals surface area contributed by atoms with Gasteiger partial charge in [-0.05, 0) is 95.2 Å². The van der Waals surface area contributed by atoms with E-state index in [2.05, 4.69) is 52.9 Å². The Kier molecular flexibility index (Phi) is 7.19. The SMILES string of the molecule is Cc1ccccc1-c1c(NC(=O)/C=C/c2cc(C(C)(C)C)c(O)c(C(C)(C)C)c2)c(=O)oc2cc3c(cc12)CCC3. The van der Waals surface area contributed by atoms with Crippen molar-refractivity contribution in [3.8, 4) is 16.9 Å². The van der Waals surface area contributed by atoms with Gasteiger partial charge in [0.1, 0.15) is 17.0 Å². The van der Waals surface area contributed by atoms with Gasteiger partial charge in [-0.25, -0.2) is 4.79 Å². The van der Waals surface area contributed by atoms with Crippen molar-refractivity contribution in [2.75, 3.05) is 5.32 Å². The number of phenols is 1. The number of hydrogen-bond acceptors (Lipinski definition) is 4. The number of carbonyl (C=O) groups excluding carboxylic acids is 1. The average Bonchev–Trinajstić information content (AvgIpc) is 3.34. The second-order valence-electron chi connectivity index (χ2n) is 13.2. The predicted molar refractivity (Wildman–Crippen MR) is 168 cm³/mol. The molecule has 0 saturated heterocycles. The molecule has 212 valence electrons. The van der Waals surface area contributed by atoms with Crippen LogP contribution in [-0.2, 0) is 28.5 Å². The molecule has 0 bridgehead atoms. The molecule has 41 heavy (non-hydrogen) atoms. The lowest BCUT2D eigenvalue weighted by Gasteiger charge is -2.27. The van der Waals surface area contributed by atoms with Crippen LogP contribution in [0.25, 0.3) is 28.2 Å². The first kappa shape index (κ1) is 28.4. The summed E-state index contributed by atoms with van der Waals surface area (Å²) < 4.78 is 5.78. The van der Waals surface area contributed by atoms with Crippen molar-refractivity contribution in [3.63, 3.8) is 0 Å². The number of fused-ring (bicyclic) bond motifs is 2. The molecule has 1 amide bonds. The minimum Gasteiger partial charge on any atom is -0.507 e. The van der Waals surface area contributed by atoms with Gasteiger partial charge in [-0.2, -0.15) is 0 Å². The average molecular weight is 550 g/mol. The number of rotatable bonds is 4. The Balaban J connectivity index is 1.59. The number of aryl methyl sites for hydroxylation is 3. The topological polar surface area (TPSA) is 79.5 Å². The number of phenolic OH excluding ortho intramolecular Hbond substituents is 1. The van der Waals surface area contributed by atoms with Crippen LogP contribution in [0.4, 0.5) is 5.69 Å². The highest BCUT2D eigenvalue weighted by molar-refractivity contribution is 6.08. The van der Waals surface area contributed by atoms with Crippen molar-refractivity contribution in [2.24, 2.45) is 0 Å². The summed E-state index contributed by atoms with van der Waals surface area (Å²) in [6, 6.07) is 15.8. The van der Waals surface area contributed by atoms with Crippen LogP contribution in [0.2, 0.25) is 0 Å². The fourth-order valence-corrected chi connectivity index (χ4v) is 5.75. The molecule has 0 spiro atoms. The summed E-state index contributed by atoms with van der Waals surface area (Å²) in [6.07, 6.45) is 6.20. The molecule has 0 aliphatic heterocycles. The first-order valence-corrected chi connectivity index (χ1v) is 14.3. The van der Waals surface area contributed by atoms with Crippen LogP contribution in [0.1, 0.15) is 81.3 Å². The van der Waals surface area contributed by atoms with E-state index >= 15 is 0 Å². The molecule has 0 atom stereocenters. The van der Waals surface area contributed by atoms with Gasteiger partial charge >= 0.3 is 5.63 Å². The van der Waals surface area contributed by atoms with Gasteiger partial charge in [0.2, 0.25) is 5.91 Å². The van der Waals surface area contributed by atoms with Gasteiger partial charge in [0.25, 0.3) is 0 Å². The molecule has 2 N–H and O–H groups in total. The van der Waals surface area contributed by atoms with Crippen molar-refractivity contribution in [3.05, 3.63) is 98.4 Å². The quantitative estimate of drug-likeness (QED) is 0.199. The van der Waals surface area contributed by atoms with E-state index in [0.717, 1.165) is 52.5 Å². The molecule has 4 aromatic rings. The fourth-order valence-electron chi connectivity index (χ4n) is 5.75. The first-order chi connectivity index (χ1) is 19.2. The molecule has 5 nitrogen and oxygen atoms in total. The normalized spacial score (nSPS) is 13.6. The molecule has 0 saturated carbocycles. The van der Waals surface area contributed by atoms with Gasteiger partial charge < -0.3 is 14.8 Å². The zero-order valence-corrected chi connectivity index (χ0v) is 25.1. The molecule has 1 heterocycles. The Labute approximate surface area is 241 Å². The fraction of sp³-hybridized carbons (Fsp3) is 0.333. The van der Waals surface area contributed by atoms with Gasteiger partial charge in [-0.3, -0.25) is 4.79 Å². The molecule has 1 aliphatic carbocycles. The highest BCUT2D eigenvalue weighted by atomic mass is 16.4. The Morgan fingerprint density at radius 1 is 0.927 bits per heavy atom. The summed E-state index contributed by atoms with van der Waals surface area (Å²) in [4.78, 5) is 26.7. The maximum atomic E-state index is 13.4. The summed E-state index contributed by atoms with van der Waals surface area (Å²) in [5.41, 5.74) is 6.98. The van der Waals surface area contributed by atoms with Crippen molar-refractivity contribution in [2.45, 2.75) is 78.6 Å². The summed E-state index contributed by atoms with van der Waals surface area (Å²) in [7, 11) is 0. The molecular formula is C36H39NO4. The van der Waals surface area contributed by atoms with Gasteiger partial charge in [-0.1, -0.05) is 65.8 Å². The van der Waals surface area contributed by atoms with Crippen LogP contribution in [0, 0.1) is 6.92 Å². The van der Waals surface area contributed by atoms with Crippen LogP contribution in [0.3, 0.4) is 0 Å². The Morgan fingerprint density at radius 2 is 1.54 bits per heavy atom. The molecule has 3 aromatic carbocycles. The third-order valence-electron chi connectivity index (χ3n) is 7.96. The maximum Gasteiger partial charge on any atom is 0.360 e. The number of carbonyl (C=O) groups is 1. The minimum atomic E-state index is -0.579. The van der Waals surface area contributed by atoms with Gasteiger partial charge in [-0.15, -0.1) is 0 Å². The lowest BCUT2D eigenvalue weighted by atomic mass is 9.78. The number of nitrogens with one attached hydrogen (secondary N) is 1. The Bertz CT molecular complexity index is 1720. The summed E-state index contributed by atoms with van der Waals surface area (Å²) in [5, 5.41) is 14.7.